The molecule has 20 heavy (non-hydrogen) atoms. The highest BCUT2D eigenvalue weighted by atomic mass is 35.5. The minimum absolute atomic E-state index is 0.0303. The quantitative estimate of drug-likeness (QED) is 0.671. The van der Waals surface area contributed by atoms with Crippen LogP contribution in [0.15, 0.2) is 35.9 Å². The number of ether oxygens (including phenoxy) is 1. The number of halogens is 1. The van der Waals surface area contributed by atoms with Crippen molar-refractivity contribution in [2.75, 3.05) is 7.11 Å². The lowest BCUT2D eigenvalue weighted by Crippen LogP contribution is -2.29. The van der Waals surface area contributed by atoms with E-state index in [9.17, 15) is 9.59 Å². The molecule has 1 aromatic rings. The van der Waals surface area contributed by atoms with Gasteiger partial charge in [-0.15, -0.1) is 0 Å². The van der Waals surface area contributed by atoms with Crippen molar-refractivity contribution in [2.45, 2.75) is 26.3 Å². The topological polar surface area (TPSA) is 55.4 Å². The Kier molecular flexibility index (Phi) is 6.25. The predicted octanol–water partition coefficient (Wildman–Crippen LogP) is 3.03. The van der Waals surface area contributed by atoms with Gasteiger partial charge in [-0.3, -0.25) is 9.59 Å². The zero-order valence-electron chi connectivity index (χ0n) is 11.8. The molecule has 108 valence electrons. The minimum Gasteiger partial charge on any atom is -0.469 e. The molecule has 1 rings (SSSR count). The smallest absolute Gasteiger partial charge is 0.307 e. The summed E-state index contributed by atoms with van der Waals surface area (Å²) >= 11 is 6.12. The number of rotatable bonds is 5. The molecule has 0 aromatic heterocycles. The number of benzene rings is 1. The van der Waals surface area contributed by atoms with Crippen molar-refractivity contribution in [2.24, 2.45) is 0 Å². The number of carbonyl (C=O) groups excluding carboxylic acids is 2. The van der Waals surface area contributed by atoms with E-state index >= 15 is 0 Å². The van der Waals surface area contributed by atoms with Gasteiger partial charge in [-0.05, 0) is 25.5 Å². The maximum Gasteiger partial charge on any atom is 0.307 e. The lowest BCUT2D eigenvalue weighted by molar-refractivity contribution is -0.141. The van der Waals surface area contributed by atoms with Crippen molar-refractivity contribution < 1.29 is 14.3 Å². The number of hydrogen-bond donors (Lipinski definition) is 1. The van der Waals surface area contributed by atoms with Crippen LogP contribution in [0.1, 0.15) is 31.9 Å². The van der Waals surface area contributed by atoms with Gasteiger partial charge in [-0.25, -0.2) is 0 Å². The average Bonchev–Trinajstić information content (AvgIpc) is 2.37. The monoisotopic (exact) mass is 295 g/mol. The van der Waals surface area contributed by atoms with Crippen LogP contribution in [0.4, 0.5) is 0 Å². The molecule has 0 aliphatic rings. The molecule has 1 aromatic carbocycles. The van der Waals surface area contributed by atoms with Crippen LogP contribution in [0.5, 0.6) is 0 Å². The summed E-state index contributed by atoms with van der Waals surface area (Å²) in [7, 11) is 1.31. The second-order valence-electron chi connectivity index (χ2n) is 4.58. The first-order chi connectivity index (χ1) is 9.43. The van der Waals surface area contributed by atoms with Crippen molar-refractivity contribution in [1.29, 1.82) is 0 Å². The Morgan fingerprint density at radius 1 is 1.35 bits per heavy atom. The summed E-state index contributed by atoms with van der Waals surface area (Å²) in [5.41, 5.74) is 1.56. The van der Waals surface area contributed by atoms with Gasteiger partial charge in [0.05, 0.1) is 19.6 Å². The molecule has 0 heterocycles. The van der Waals surface area contributed by atoms with E-state index in [-0.39, 0.29) is 12.3 Å². The second kappa shape index (κ2) is 7.70. The van der Waals surface area contributed by atoms with Crippen LogP contribution in [-0.2, 0) is 14.3 Å². The van der Waals surface area contributed by atoms with Gasteiger partial charge < -0.3 is 10.1 Å². The molecule has 1 atom stereocenters. The molecular formula is C15H18ClNO3. The number of allylic oxidation sites excluding steroid dienone is 1. The number of amides is 1. The van der Waals surface area contributed by atoms with Gasteiger partial charge in [-0.2, -0.15) is 0 Å². The van der Waals surface area contributed by atoms with Gasteiger partial charge in [0.15, 0.2) is 0 Å². The lowest BCUT2D eigenvalue weighted by Gasteiger charge is -2.18. The molecule has 0 saturated carbocycles. The van der Waals surface area contributed by atoms with E-state index in [1.54, 1.807) is 24.3 Å². The zero-order chi connectivity index (χ0) is 15.1. The minimum atomic E-state index is -0.515. The normalized spacial score (nSPS) is 11.4. The Labute approximate surface area is 123 Å². The van der Waals surface area contributed by atoms with E-state index < -0.39 is 12.0 Å². The van der Waals surface area contributed by atoms with E-state index in [2.05, 4.69) is 10.1 Å². The highest BCUT2D eigenvalue weighted by molar-refractivity contribution is 6.31. The Morgan fingerprint density at radius 3 is 2.55 bits per heavy atom. The van der Waals surface area contributed by atoms with Crippen molar-refractivity contribution in [3.63, 3.8) is 0 Å². The van der Waals surface area contributed by atoms with Gasteiger partial charge in [0.2, 0.25) is 5.91 Å². The molecule has 0 aliphatic heterocycles. The summed E-state index contributed by atoms with van der Waals surface area (Å²) in [5, 5.41) is 3.27. The second-order valence-corrected chi connectivity index (χ2v) is 4.99. The van der Waals surface area contributed by atoms with Crippen molar-refractivity contribution in [3.8, 4) is 0 Å². The Hall–Kier alpha value is -1.81. The number of esters is 1. The Morgan fingerprint density at radius 2 is 2.00 bits per heavy atom. The summed E-state index contributed by atoms with van der Waals surface area (Å²) in [6, 6.07) is 6.57. The number of nitrogens with one attached hydrogen (secondary N) is 1. The van der Waals surface area contributed by atoms with Gasteiger partial charge in [0, 0.05) is 11.1 Å². The van der Waals surface area contributed by atoms with Crippen LogP contribution in [0.25, 0.3) is 0 Å². The van der Waals surface area contributed by atoms with Crippen molar-refractivity contribution in [3.05, 3.63) is 46.5 Å². The highest BCUT2D eigenvalue weighted by Gasteiger charge is 2.20. The van der Waals surface area contributed by atoms with E-state index in [1.165, 1.54) is 13.2 Å². The predicted molar refractivity (Wildman–Crippen MR) is 78.4 cm³/mol. The fourth-order valence-electron chi connectivity index (χ4n) is 1.72. The number of carbonyl (C=O) groups is 2. The molecule has 0 aliphatic carbocycles. The standard InChI is InChI=1S/C15H18ClNO3/c1-10(2)8-14(18)17-13(9-15(19)20-3)11-6-4-5-7-12(11)16/h4-8,13H,9H2,1-3H3,(H,17,18). The fourth-order valence-corrected chi connectivity index (χ4v) is 1.99. The first-order valence-corrected chi connectivity index (χ1v) is 6.58. The van der Waals surface area contributed by atoms with E-state index in [0.717, 1.165) is 5.57 Å². The summed E-state index contributed by atoms with van der Waals surface area (Å²) in [4.78, 5) is 23.3. The molecule has 4 nitrogen and oxygen atoms in total. The average molecular weight is 296 g/mol. The van der Waals surface area contributed by atoms with Gasteiger partial charge in [0.1, 0.15) is 0 Å². The van der Waals surface area contributed by atoms with Crippen LogP contribution < -0.4 is 5.32 Å². The van der Waals surface area contributed by atoms with Crippen molar-refractivity contribution >= 4 is 23.5 Å². The number of methoxy groups -OCH3 is 1. The van der Waals surface area contributed by atoms with Crippen LogP contribution >= 0.6 is 11.6 Å². The SMILES string of the molecule is COC(=O)CC(NC(=O)C=C(C)C)c1ccccc1Cl. The molecular weight excluding hydrogens is 278 g/mol. The van der Waals surface area contributed by atoms with Crippen LogP contribution in [0.3, 0.4) is 0 Å². The van der Waals surface area contributed by atoms with Gasteiger partial charge in [-0.1, -0.05) is 35.4 Å². The highest BCUT2D eigenvalue weighted by Crippen LogP contribution is 2.25. The summed E-state index contributed by atoms with van der Waals surface area (Å²) in [6.07, 6.45) is 1.50. The largest absolute Gasteiger partial charge is 0.469 e. The first kappa shape index (κ1) is 16.2. The van der Waals surface area contributed by atoms with E-state index in [1.807, 2.05) is 13.8 Å². The molecule has 1 amide bonds. The van der Waals surface area contributed by atoms with Crippen LogP contribution in [0.2, 0.25) is 5.02 Å². The van der Waals surface area contributed by atoms with E-state index in [4.69, 9.17) is 11.6 Å². The summed E-state index contributed by atoms with van der Waals surface area (Å²) in [5.74, 6) is -0.675. The lowest BCUT2D eigenvalue weighted by atomic mass is 10.0. The third-order valence-corrected chi connectivity index (χ3v) is 2.96. The molecule has 0 bridgehead atoms. The molecule has 5 heteroatoms. The van der Waals surface area contributed by atoms with Crippen molar-refractivity contribution in [1.82, 2.24) is 5.32 Å². The third kappa shape index (κ3) is 5.05. The van der Waals surface area contributed by atoms with E-state index in [0.29, 0.717) is 10.6 Å². The molecule has 0 spiro atoms. The maximum atomic E-state index is 11.8. The van der Waals surface area contributed by atoms with Crippen LogP contribution in [-0.4, -0.2) is 19.0 Å². The fraction of sp³-hybridized carbons (Fsp3) is 0.333. The molecule has 0 fully saturated rings. The third-order valence-electron chi connectivity index (χ3n) is 2.62. The van der Waals surface area contributed by atoms with Crippen LogP contribution in [0, 0.1) is 0 Å². The first-order valence-electron chi connectivity index (χ1n) is 6.20. The molecule has 1 unspecified atom stereocenters. The maximum absolute atomic E-state index is 11.8. The van der Waals surface area contributed by atoms with Gasteiger partial charge in [0.25, 0.3) is 0 Å². The summed E-state index contributed by atoms with van der Waals surface area (Å²) in [6.45, 7) is 3.65. The Balaban J connectivity index is 2.97. The Bertz CT molecular complexity index is 522. The zero-order valence-corrected chi connectivity index (χ0v) is 12.5. The number of hydrogen-bond acceptors (Lipinski definition) is 3. The molecule has 1 N–H and O–H groups in total. The summed E-state index contributed by atoms with van der Waals surface area (Å²) < 4.78 is 4.66. The van der Waals surface area contributed by atoms with Gasteiger partial charge >= 0.3 is 5.97 Å². The molecule has 0 radical (unpaired) electrons. The molecule has 0 saturated heterocycles.